The lowest BCUT2D eigenvalue weighted by Gasteiger charge is -2.15. The molecule has 3 heterocycles. The molecular weight excluding hydrogens is 641 g/mol. The van der Waals surface area contributed by atoms with Crippen LogP contribution in [-0.2, 0) is 26.0 Å². The van der Waals surface area contributed by atoms with Gasteiger partial charge in [-0.3, -0.25) is 5.04 Å². The van der Waals surface area contributed by atoms with E-state index < -0.39 is 15.5 Å². The van der Waals surface area contributed by atoms with E-state index in [9.17, 15) is 18.2 Å². The van der Waals surface area contributed by atoms with Crippen molar-refractivity contribution < 1.29 is 41.3 Å². The molecule has 12 heteroatoms. The first kappa shape index (κ1) is 31.3. The average Bonchev–Trinajstić information content (AvgIpc) is 3.69. The first-order valence-electron chi connectivity index (χ1n) is 15.0. The van der Waals surface area contributed by atoms with Crippen molar-refractivity contribution in [1.82, 2.24) is 4.48 Å². The van der Waals surface area contributed by atoms with Crippen molar-refractivity contribution in [2.45, 2.75) is 25.3 Å². The Bertz CT molecular complexity index is 2110. The summed E-state index contributed by atoms with van der Waals surface area (Å²) >= 11 is 0.884. The second-order valence-electron chi connectivity index (χ2n) is 11.3. The molecule has 1 saturated heterocycles. The van der Waals surface area contributed by atoms with Crippen molar-refractivity contribution in [1.29, 1.82) is 0 Å². The third-order valence-corrected chi connectivity index (χ3v) is 10.3. The highest BCUT2D eigenvalue weighted by Gasteiger charge is 2.69. The summed E-state index contributed by atoms with van der Waals surface area (Å²) in [5, 5.41) is 12.7. The fraction of sp³-hybridized carbons (Fsp3) is 0.171. The molecule has 0 radical (unpaired) electrons. The molecule has 5 aromatic rings. The predicted octanol–water partition coefficient (Wildman–Crippen LogP) is 5.85. The zero-order chi connectivity index (χ0) is 32.6. The molecule has 0 N–H and O–H groups in total. The summed E-state index contributed by atoms with van der Waals surface area (Å²) in [6, 6.07) is 31.4. The van der Waals surface area contributed by atoms with Crippen LogP contribution in [0.15, 0.2) is 119 Å². The van der Waals surface area contributed by atoms with E-state index in [4.69, 9.17) is 9.15 Å². The monoisotopic (exact) mass is 670 g/mol. The van der Waals surface area contributed by atoms with Gasteiger partial charge in [0.15, 0.2) is 34.6 Å². The third-order valence-electron chi connectivity index (χ3n) is 8.58. The molecule has 2 aliphatic rings. The molecule has 4 aromatic carbocycles. The Morgan fingerprint density at radius 1 is 0.979 bits per heavy atom. The van der Waals surface area contributed by atoms with Gasteiger partial charge < -0.3 is 19.0 Å². The van der Waals surface area contributed by atoms with Crippen LogP contribution in [0.2, 0.25) is 0 Å². The van der Waals surface area contributed by atoms with Crippen LogP contribution < -0.4 is 19.0 Å². The molecule has 1 fully saturated rings. The number of fused-ring (bicyclic) bond motifs is 3. The van der Waals surface area contributed by atoms with Crippen molar-refractivity contribution in [2.24, 2.45) is 0 Å². The number of aryl methyl sites for hydroxylation is 1. The van der Waals surface area contributed by atoms with E-state index in [-0.39, 0.29) is 11.0 Å². The molecule has 0 bridgehead atoms. The van der Waals surface area contributed by atoms with Crippen LogP contribution in [0.3, 0.4) is 0 Å². The molecule has 2 aliphatic heterocycles. The second-order valence-corrected chi connectivity index (χ2v) is 13.6. The van der Waals surface area contributed by atoms with E-state index in [0.717, 1.165) is 45.4 Å². The van der Waals surface area contributed by atoms with Crippen molar-refractivity contribution in [3.63, 3.8) is 0 Å². The van der Waals surface area contributed by atoms with E-state index in [1.807, 2.05) is 121 Å². The number of hydrogen-bond acceptors (Lipinski definition) is 9. The van der Waals surface area contributed by atoms with Crippen LogP contribution in [0.25, 0.3) is 39.4 Å². The Balaban J connectivity index is 1.30. The number of oxazole rings is 1. The van der Waals surface area contributed by atoms with Crippen LogP contribution in [0.5, 0.6) is 5.75 Å². The van der Waals surface area contributed by atoms with Gasteiger partial charge in [-0.2, -0.15) is 13.4 Å². The standard InChI is InChI=1S/C35H30N2O8S2/c1-2-24(19-33-36(17-18-46-45-44-38)29-21-27(13-15-31(29)42-33)25-9-5-3-6-10-25)20-34-37(23-35(37)47(39,40)41)30-22-28(14-16-32(30)43-34)26-11-7-4-8-12-26/h3-16,19-22,35H,2,17-18,23H2,1H3/b24-19+,34-20-. The van der Waals surface area contributed by atoms with Gasteiger partial charge in [0, 0.05) is 30.3 Å². The minimum Gasteiger partial charge on any atom is -0.743 e. The summed E-state index contributed by atoms with van der Waals surface area (Å²) in [6.45, 7) is 2.49. The van der Waals surface area contributed by atoms with E-state index in [0.29, 0.717) is 47.5 Å². The number of ether oxygens (including phenoxy) is 1. The maximum atomic E-state index is 12.4. The molecule has 1 aromatic heterocycles. The van der Waals surface area contributed by atoms with Gasteiger partial charge in [0.1, 0.15) is 0 Å². The minimum absolute atomic E-state index is 0.0891. The van der Waals surface area contributed by atoms with E-state index in [2.05, 4.69) is 9.37 Å². The largest absolute Gasteiger partial charge is 0.743 e. The number of allylic oxidation sites excluding steroid dienone is 2. The highest BCUT2D eigenvalue weighted by Crippen LogP contribution is 2.56. The van der Waals surface area contributed by atoms with Crippen LogP contribution in [0.1, 0.15) is 19.2 Å². The number of benzene rings is 4. The summed E-state index contributed by atoms with van der Waals surface area (Å²) in [5.41, 5.74) is 6.88. The van der Waals surface area contributed by atoms with Crippen LogP contribution >= 0.6 is 12.0 Å². The first-order valence-corrected chi connectivity index (χ1v) is 17.4. The molecule has 0 amide bonds. The van der Waals surface area contributed by atoms with Crippen molar-refractivity contribution in [3.8, 4) is 28.0 Å². The molecular formula is C35H30N2O8S2. The Morgan fingerprint density at radius 3 is 2.30 bits per heavy atom. The number of quaternary nitrogens is 1. The van der Waals surface area contributed by atoms with Crippen LogP contribution in [0, 0.1) is 0 Å². The van der Waals surface area contributed by atoms with E-state index in [1.165, 1.54) is 0 Å². The smallest absolute Gasteiger partial charge is 0.374 e. The van der Waals surface area contributed by atoms with E-state index in [1.54, 1.807) is 0 Å². The molecule has 240 valence electrons. The Hall–Kier alpha value is -4.27. The van der Waals surface area contributed by atoms with Gasteiger partial charge in [-0.15, -0.1) is 0 Å². The fourth-order valence-corrected chi connectivity index (χ4v) is 7.61. The molecule has 10 nitrogen and oxygen atoms in total. The molecule has 7 rings (SSSR count). The predicted molar refractivity (Wildman–Crippen MR) is 175 cm³/mol. The zero-order valence-corrected chi connectivity index (χ0v) is 26.9. The maximum Gasteiger partial charge on any atom is 0.374 e. The van der Waals surface area contributed by atoms with Crippen molar-refractivity contribution in [2.75, 3.05) is 12.3 Å². The minimum atomic E-state index is -4.63. The molecule has 1 spiro atoms. The second kappa shape index (κ2) is 12.7. The lowest BCUT2D eigenvalue weighted by molar-refractivity contribution is -0.777. The molecule has 2 atom stereocenters. The first-order chi connectivity index (χ1) is 22.8. The topological polar surface area (TPSA) is 125 Å². The highest BCUT2D eigenvalue weighted by atomic mass is 32.2. The van der Waals surface area contributed by atoms with Crippen molar-refractivity contribution >= 4 is 45.0 Å². The molecule has 2 unspecified atom stereocenters. The molecule has 0 aliphatic carbocycles. The third kappa shape index (κ3) is 6.01. The zero-order valence-electron chi connectivity index (χ0n) is 25.3. The van der Waals surface area contributed by atoms with Crippen molar-refractivity contribution in [3.05, 3.63) is 120 Å². The Labute approximate surface area is 276 Å². The van der Waals surface area contributed by atoms with Gasteiger partial charge in [-0.25, -0.2) is 8.42 Å². The quantitative estimate of drug-likeness (QED) is 0.0249. The summed E-state index contributed by atoms with van der Waals surface area (Å²) in [5.74, 6) is 1.82. The summed E-state index contributed by atoms with van der Waals surface area (Å²) in [7, 11) is -4.63. The van der Waals surface area contributed by atoms with Crippen LogP contribution in [0.4, 0.5) is 5.69 Å². The van der Waals surface area contributed by atoms with Gasteiger partial charge in [-0.05, 0) is 46.4 Å². The number of hydrogen-bond donors (Lipinski definition) is 0. The normalized spacial score (nSPS) is 19.8. The Kier molecular flexibility index (Phi) is 8.49. The van der Waals surface area contributed by atoms with Gasteiger partial charge in [-0.1, -0.05) is 79.7 Å². The average molecular weight is 671 g/mol. The fourth-order valence-electron chi connectivity index (χ4n) is 6.17. The SMILES string of the molecule is CCC(/C=C1\Oc2ccc(-c3ccccc3)cc2[N+]12CC2S(=O)(=O)[O-])=C\c1oc2ccc(-c3ccccc3)cc2[n+]1CCSOO[O-]. The lowest BCUT2D eigenvalue weighted by Crippen LogP contribution is -2.36. The maximum absolute atomic E-state index is 12.4. The number of rotatable bonds is 11. The van der Waals surface area contributed by atoms with Crippen LogP contribution in [-0.4, -0.2) is 30.6 Å². The van der Waals surface area contributed by atoms with Gasteiger partial charge in [0.05, 0.1) is 11.8 Å². The molecule has 47 heavy (non-hydrogen) atoms. The Morgan fingerprint density at radius 2 is 1.66 bits per heavy atom. The summed E-state index contributed by atoms with van der Waals surface area (Å²) in [6.07, 6.45) is 4.25. The highest BCUT2D eigenvalue weighted by molar-refractivity contribution is 7.94. The van der Waals surface area contributed by atoms with Gasteiger partial charge >= 0.3 is 11.8 Å². The number of aromatic nitrogens is 1. The number of nitrogens with zero attached hydrogens (tertiary/aromatic N) is 2. The van der Waals surface area contributed by atoms with Gasteiger partial charge in [0.25, 0.3) is 5.52 Å². The lowest BCUT2D eigenvalue weighted by atomic mass is 10.0. The van der Waals surface area contributed by atoms with E-state index >= 15 is 0 Å². The summed E-state index contributed by atoms with van der Waals surface area (Å²) in [4.78, 5) is 0. The summed E-state index contributed by atoms with van der Waals surface area (Å²) < 4.78 is 56.2. The van der Waals surface area contributed by atoms with Gasteiger partial charge in [0.2, 0.25) is 11.0 Å². The molecule has 0 saturated carbocycles.